The topological polar surface area (TPSA) is 38.7 Å². The molecule has 0 fully saturated rings. The predicted molar refractivity (Wildman–Crippen MR) is 174 cm³/mol. The Morgan fingerprint density at radius 1 is 0.310 bits per heavy atom. The first-order chi connectivity index (χ1) is 20.8. The summed E-state index contributed by atoms with van der Waals surface area (Å²) in [5.41, 5.74) is 5.25. The van der Waals surface area contributed by atoms with E-state index in [1.807, 2.05) is 24.3 Å². The van der Waals surface area contributed by atoms with Crippen molar-refractivity contribution in [2.24, 2.45) is 0 Å². The zero-order valence-corrected chi connectivity index (χ0v) is 22.8. The van der Waals surface area contributed by atoms with E-state index in [1.165, 1.54) is 27.1 Å². The molecular weight excluding hydrogens is 510 g/mol. The minimum atomic E-state index is 0.653. The molecule has 0 saturated heterocycles. The largest absolute Gasteiger partial charge is 0.208 e. The van der Waals surface area contributed by atoms with Gasteiger partial charge in [0.25, 0.3) is 0 Å². The molecule has 0 amide bonds. The minimum absolute atomic E-state index is 0.653. The maximum absolute atomic E-state index is 5.14. The molecule has 8 rings (SSSR count). The summed E-state index contributed by atoms with van der Waals surface area (Å²) in [4.78, 5) is 15.2. The number of benzene rings is 7. The normalized spacial score (nSPS) is 11.3. The Labute approximate surface area is 243 Å². The Morgan fingerprint density at radius 3 is 1.52 bits per heavy atom. The molecule has 8 aromatic rings. The average Bonchev–Trinajstić information content (AvgIpc) is 3.08. The smallest absolute Gasteiger partial charge is 0.164 e. The van der Waals surface area contributed by atoms with Crippen LogP contribution in [-0.2, 0) is 0 Å². The number of hydrogen-bond acceptors (Lipinski definition) is 3. The van der Waals surface area contributed by atoms with E-state index in [2.05, 4.69) is 127 Å². The van der Waals surface area contributed by atoms with Crippen LogP contribution in [0, 0.1) is 0 Å². The molecule has 0 aliphatic rings. The van der Waals surface area contributed by atoms with Gasteiger partial charge in [-0.3, -0.25) is 0 Å². The lowest BCUT2D eigenvalue weighted by molar-refractivity contribution is 1.08. The lowest BCUT2D eigenvalue weighted by Gasteiger charge is -2.14. The molecule has 0 atom stereocenters. The number of fused-ring (bicyclic) bond motifs is 5. The first kappa shape index (κ1) is 24.2. The van der Waals surface area contributed by atoms with Gasteiger partial charge in [-0.2, -0.15) is 0 Å². The zero-order valence-electron chi connectivity index (χ0n) is 22.8. The Kier molecular flexibility index (Phi) is 5.79. The Bertz CT molecular complexity index is 2220. The van der Waals surface area contributed by atoms with E-state index in [1.54, 1.807) is 0 Å². The summed E-state index contributed by atoms with van der Waals surface area (Å²) in [5.74, 6) is 1.97. The molecular formula is C39H25N3. The highest BCUT2D eigenvalue weighted by Gasteiger charge is 2.17. The van der Waals surface area contributed by atoms with Gasteiger partial charge in [-0.1, -0.05) is 146 Å². The molecule has 1 aromatic heterocycles. The molecule has 0 spiro atoms. The van der Waals surface area contributed by atoms with Crippen LogP contribution < -0.4 is 0 Å². The van der Waals surface area contributed by atoms with Gasteiger partial charge in [0.2, 0.25) is 0 Å². The molecule has 1 heterocycles. The number of nitrogens with zero attached hydrogens (tertiary/aromatic N) is 3. The fraction of sp³-hybridized carbons (Fsp3) is 0. The minimum Gasteiger partial charge on any atom is -0.208 e. The quantitative estimate of drug-likeness (QED) is 0.211. The standard InChI is InChI=1S/C39H25N3/c1-3-11-26(12-4-1)27-19-21-30(22-20-27)38-40-37(29-14-5-2-6-15-29)41-39(42-38)35-25-31-16-8-9-17-32(31)34-24-23-28-13-7-10-18-33(28)36(34)35/h1-25H. The van der Waals surface area contributed by atoms with E-state index in [0.717, 1.165) is 33.0 Å². The van der Waals surface area contributed by atoms with Crippen molar-refractivity contribution in [3.05, 3.63) is 152 Å². The van der Waals surface area contributed by atoms with Gasteiger partial charge in [-0.25, -0.2) is 15.0 Å². The van der Waals surface area contributed by atoms with Crippen LogP contribution in [0.2, 0.25) is 0 Å². The summed E-state index contributed by atoms with van der Waals surface area (Å²) in [7, 11) is 0. The van der Waals surface area contributed by atoms with Crippen molar-refractivity contribution in [1.29, 1.82) is 0 Å². The van der Waals surface area contributed by atoms with E-state index in [-0.39, 0.29) is 0 Å². The third kappa shape index (κ3) is 4.20. The summed E-state index contributed by atoms with van der Waals surface area (Å²) in [5, 5.41) is 7.10. The molecule has 7 aromatic carbocycles. The van der Waals surface area contributed by atoms with Crippen molar-refractivity contribution >= 4 is 32.3 Å². The summed E-state index contributed by atoms with van der Waals surface area (Å²) >= 11 is 0. The van der Waals surface area contributed by atoms with Crippen LogP contribution in [0.25, 0.3) is 77.6 Å². The molecule has 196 valence electrons. The van der Waals surface area contributed by atoms with E-state index in [4.69, 9.17) is 15.0 Å². The van der Waals surface area contributed by atoms with Gasteiger partial charge in [0.05, 0.1) is 0 Å². The number of aromatic nitrogens is 3. The van der Waals surface area contributed by atoms with Gasteiger partial charge in [-0.05, 0) is 44.1 Å². The van der Waals surface area contributed by atoms with Crippen molar-refractivity contribution in [2.75, 3.05) is 0 Å². The van der Waals surface area contributed by atoms with Gasteiger partial charge < -0.3 is 0 Å². The van der Waals surface area contributed by atoms with Crippen LogP contribution in [0.5, 0.6) is 0 Å². The summed E-state index contributed by atoms with van der Waals surface area (Å²) in [6.07, 6.45) is 0. The van der Waals surface area contributed by atoms with Crippen LogP contribution in [0.15, 0.2) is 152 Å². The second-order valence-electron chi connectivity index (χ2n) is 10.5. The fourth-order valence-corrected chi connectivity index (χ4v) is 5.84. The summed E-state index contributed by atoms with van der Waals surface area (Å²) in [6.45, 7) is 0. The van der Waals surface area contributed by atoms with Gasteiger partial charge >= 0.3 is 0 Å². The van der Waals surface area contributed by atoms with Crippen molar-refractivity contribution in [2.45, 2.75) is 0 Å². The van der Waals surface area contributed by atoms with Crippen molar-refractivity contribution in [3.8, 4) is 45.3 Å². The van der Waals surface area contributed by atoms with E-state index < -0.39 is 0 Å². The van der Waals surface area contributed by atoms with E-state index in [0.29, 0.717) is 17.5 Å². The van der Waals surface area contributed by atoms with Gasteiger partial charge in [0, 0.05) is 22.1 Å². The third-order valence-electron chi connectivity index (χ3n) is 7.91. The van der Waals surface area contributed by atoms with Crippen molar-refractivity contribution < 1.29 is 0 Å². The predicted octanol–water partition coefficient (Wildman–Crippen LogP) is 10.00. The summed E-state index contributed by atoms with van der Waals surface area (Å²) < 4.78 is 0. The molecule has 0 unspecified atom stereocenters. The molecule has 0 saturated carbocycles. The van der Waals surface area contributed by atoms with Crippen LogP contribution in [0.1, 0.15) is 0 Å². The Hall–Kier alpha value is -5.67. The summed E-state index contributed by atoms with van der Waals surface area (Å²) in [6, 6.07) is 52.8. The average molecular weight is 536 g/mol. The fourth-order valence-electron chi connectivity index (χ4n) is 5.84. The Morgan fingerprint density at radius 2 is 0.810 bits per heavy atom. The molecule has 0 N–H and O–H groups in total. The monoisotopic (exact) mass is 535 g/mol. The maximum Gasteiger partial charge on any atom is 0.164 e. The second-order valence-corrected chi connectivity index (χ2v) is 10.5. The van der Waals surface area contributed by atoms with E-state index >= 15 is 0 Å². The molecule has 0 radical (unpaired) electrons. The maximum atomic E-state index is 5.14. The van der Waals surface area contributed by atoms with Crippen LogP contribution in [0.4, 0.5) is 0 Å². The highest BCUT2D eigenvalue weighted by Crippen LogP contribution is 2.39. The van der Waals surface area contributed by atoms with Crippen molar-refractivity contribution in [3.63, 3.8) is 0 Å². The molecule has 0 aliphatic carbocycles. The van der Waals surface area contributed by atoms with Crippen LogP contribution in [0.3, 0.4) is 0 Å². The third-order valence-corrected chi connectivity index (χ3v) is 7.91. The molecule has 42 heavy (non-hydrogen) atoms. The SMILES string of the molecule is c1ccc(-c2ccc(-c3nc(-c4ccccc4)nc(-c4cc5ccccc5c5ccc6ccccc6c45)n3)cc2)cc1. The second kappa shape index (κ2) is 10.1. The Balaban J connectivity index is 1.40. The highest BCUT2D eigenvalue weighted by atomic mass is 15.0. The molecule has 3 heteroatoms. The van der Waals surface area contributed by atoms with Gasteiger partial charge in [0.1, 0.15) is 0 Å². The van der Waals surface area contributed by atoms with Crippen LogP contribution in [-0.4, -0.2) is 15.0 Å². The van der Waals surface area contributed by atoms with Crippen LogP contribution >= 0.6 is 0 Å². The highest BCUT2D eigenvalue weighted by molar-refractivity contribution is 6.22. The van der Waals surface area contributed by atoms with Gasteiger partial charge in [-0.15, -0.1) is 0 Å². The first-order valence-electron chi connectivity index (χ1n) is 14.1. The van der Waals surface area contributed by atoms with Gasteiger partial charge in [0.15, 0.2) is 17.5 Å². The first-order valence-corrected chi connectivity index (χ1v) is 14.1. The van der Waals surface area contributed by atoms with Crippen molar-refractivity contribution in [1.82, 2.24) is 15.0 Å². The lowest BCUT2D eigenvalue weighted by atomic mass is 9.92. The number of hydrogen-bond donors (Lipinski definition) is 0. The number of rotatable bonds is 4. The molecule has 3 nitrogen and oxygen atoms in total. The molecule has 0 aliphatic heterocycles. The molecule has 0 bridgehead atoms. The van der Waals surface area contributed by atoms with E-state index in [9.17, 15) is 0 Å². The lowest BCUT2D eigenvalue weighted by Crippen LogP contribution is -2.01. The zero-order chi connectivity index (χ0) is 27.9.